The van der Waals surface area contributed by atoms with Crippen LogP contribution in [0.2, 0.25) is 5.02 Å². The van der Waals surface area contributed by atoms with E-state index in [1.54, 1.807) is 24.3 Å². The van der Waals surface area contributed by atoms with Gasteiger partial charge in [0.2, 0.25) is 6.33 Å². The van der Waals surface area contributed by atoms with Crippen molar-refractivity contribution in [3.05, 3.63) is 58.9 Å². The lowest BCUT2D eigenvalue weighted by Crippen LogP contribution is -2.41. The molecule has 1 atom stereocenters. The number of imidazole rings is 1. The van der Waals surface area contributed by atoms with E-state index in [1.165, 1.54) is 16.6 Å². The van der Waals surface area contributed by atoms with Gasteiger partial charge in [-0.15, -0.1) is 0 Å². The van der Waals surface area contributed by atoms with Gasteiger partial charge in [0.25, 0.3) is 0 Å². The number of benzene rings is 2. The second-order valence-electron chi connectivity index (χ2n) is 6.40. The Morgan fingerprint density at radius 3 is 2.52 bits per heavy atom. The predicted octanol–water partition coefficient (Wildman–Crippen LogP) is 3.66. The minimum atomic E-state index is -0.599. The maximum absolute atomic E-state index is 10.4. The minimum absolute atomic E-state index is 0.234. The fraction of sp³-hybridized carbons (Fsp3) is 0.350. The van der Waals surface area contributed by atoms with Crippen molar-refractivity contribution in [2.24, 2.45) is 0 Å². The Balaban J connectivity index is 1.75. The third-order valence-electron chi connectivity index (χ3n) is 4.49. The average Bonchev–Trinajstić information content (AvgIpc) is 2.91. The summed E-state index contributed by atoms with van der Waals surface area (Å²) in [7, 11) is 0. The summed E-state index contributed by atoms with van der Waals surface area (Å²) in [4.78, 5) is 0. The lowest BCUT2D eigenvalue weighted by Gasteiger charge is -2.11. The maximum Gasteiger partial charge on any atom is 0.244 e. The van der Waals surface area contributed by atoms with E-state index in [0.29, 0.717) is 17.3 Å². The van der Waals surface area contributed by atoms with E-state index >= 15 is 0 Å². The van der Waals surface area contributed by atoms with Crippen LogP contribution in [0.1, 0.15) is 18.1 Å². The summed E-state index contributed by atoms with van der Waals surface area (Å²) in [6.45, 7) is 7.98. The first kappa shape index (κ1) is 17.8. The number of nitrogens with zero attached hydrogens (tertiary/aromatic N) is 2. The van der Waals surface area contributed by atoms with E-state index < -0.39 is 6.10 Å². The highest BCUT2D eigenvalue weighted by Crippen LogP contribution is 2.18. The van der Waals surface area contributed by atoms with E-state index in [-0.39, 0.29) is 6.61 Å². The van der Waals surface area contributed by atoms with Crippen LogP contribution in [-0.4, -0.2) is 22.4 Å². The molecule has 3 rings (SSSR count). The highest BCUT2D eigenvalue weighted by Gasteiger charge is 2.19. The number of aliphatic hydroxyl groups is 1. The summed E-state index contributed by atoms with van der Waals surface area (Å²) in [6.07, 6.45) is 1.47. The van der Waals surface area contributed by atoms with E-state index in [9.17, 15) is 5.11 Å². The van der Waals surface area contributed by atoms with Gasteiger partial charge in [-0.2, -0.15) is 0 Å². The van der Waals surface area contributed by atoms with Crippen LogP contribution in [0.3, 0.4) is 0 Å². The Kier molecular flexibility index (Phi) is 5.30. The third kappa shape index (κ3) is 3.97. The first-order chi connectivity index (χ1) is 12.0. The van der Waals surface area contributed by atoms with Crippen LogP contribution < -0.4 is 9.30 Å². The van der Waals surface area contributed by atoms with Crippen LogP contribution in [0.15, 0.2) is 42.7 Å². The molecule has 132 valence electrons. The molecule has 0 saturated heterocycles. The van der Waals surface area contributed by atoms with Crippen LogP contribution in [0.25, 0.3) is 11.0 Å². The molecule has 0 aliphatic heterocycles. The van der Waals surface area contributed by atoms with Crippen LogP contribution in [-0.2, 0) is 13.1 Å². The fourth-order valence-corrected chi connectivity index (χ4v) is 3.06. The maximum atomic E-state index is 10.4. The van der Waals surface area contributed by atoms with Gasteiger partial charge in [0.15, 0.2) is 11.0 Å². The van der Waals surface area contributed by atoms with Crippen LogP contribution in [0.4, 0.5) is 0 Å². The number of ether oxygens (including phenoxy) is 1. The largest absolute Gasteiger partial charge is 0.491 e. The number of fused-ring (bicyclic) bond motifs is 1. The predicted molar refractivity (Wildman–Crippen MR) is 100 cm³/mol. The zero-order valence-electron chi connectivity index (χ0n) is 14.9. The number of aliphatic hydroxyl groups excluding tert-OH is 1. The van der Waals surface area contributed by atoms with Crippen molar-refractivity contribution in [3.63, 3.8) is 0 Å². The normalized spacial score (nSPS) is 12.5. The van der Waals surface area contributed by atoms with Crippen molar-refractivity contribution < 1.29 is 14.4 Å². The summed E-state index contributed by atoms with van der Waals surface area (Å²) in [5, 5.41) is 11.1. The molecule has 1 heterocycles. The van der Waals surface area contributed by atoms with Gasteiger partial charge < -0.3 is 9.84 Å². The number of hydrogen-bond donors (Lipinski definition) is 1. The Morgan fingerprint density at radius 1 is 1.16 bits per heavy atom. The molecule has 3 aromatic rings. The number of hydrogen-bond acceptors (Lipinski definition) is 2. The molecule has 0 fully saturated rings. The second kappa shape index (κ2) is 7.46. The average molecular weight is 360 g/mol. The molecule has 0 amide bonds. The number of aryl methyl sites for hydroxylation is 3. The summed E-state index contributed by atoms with van der Waals surface area (Å²) in [5.41, 5.74) is 4.85. The Labute approximate surface area is 153 Å². The first-order valence-corrected chi connectivity index (χ1v) is 8.91. The molecule has 2 aromatic carbocycles. The van der Waals surface area contributed by atoms with Crippen molar-refractivity contribution >= 4 is 22.6 Å². The molecular formula is C20H24ClN2O2+. The van der Waals surface area contributed by atoms with Crippen molar-refractivity contribution in [3.8, 4) is 5.75 Å². The zero-order valence-corrected chi connectivity index (χ0v) is 15.6. The summed E-state index contributed by atoms with van der Waals surface area (Å²) in [6, 6.07) is 11.6. The number of halogens is 1. The van der Waals surface area contributed by atoms with Gasteiger partial charge in [-0.05, 0) is 68.3 Å². The van der Waals surface area contributed by atoms with Gasteiger partial charge >= 0.3 is 0 Å². The fourth-order valence-electron chi connectivity index (χ4n) is 2.94. The smallest absolute Gasteiger partial charge is 0.244 e. The molecule has 1 N–H and O–H groups in total. The van der Waals surface area contributed by atoms with Gasteiger partial charge in [0.05, 0.1) is 6.54 Å². The van der Waals surface area contributed by atoms with Crippen LogP contribution >= 0.6 is 11.6 Å². The minimum Gasteiger partial charge on any atom is -0.491 e. The lowest BCUT2D eigenvalue weighted by molar-refractivity contribution is -0.679. The standard InChI is InChI=1S/C20H24ClN2O2/c1-4-22-13-23(20-10-15(3)14(2)9-19(20)22)11-17(24)12-25-18-7-5-16(21)6-8-18/h5-10,13,17,24H,4,11-12H2,1-3H3/q+1/t17-/m1/s1. The molecular weight excluding hydrogens is 336 g/mol. The summed E-state index contributed by atoms with van der Waals surface area (Å²) in [5.74, 6) is 0.705. The molecule has 25 heavy (non-hydrogen) atoms. The quantitative estimate of drug-likeness (QED) is 0.682. The Hall–Kier alpha value is -2.04. The van der Waals surface area contributed by atoms with Crippen LogP contribution in [0.5, 0.6) is 5.75 Å². The third-order valence-corrected chi connectivity index (χ3v) is 4.74. The van der Waals surface area contributed by atoms with Crippen molar-refractivity contribution in [2.45, 2.75) is 40.0 Å². The summed E-state index contributed by atoms with van der Waals surface area (Å²) < 4.78 is 9.96. The van der Waals surface area contributed by atoms with E-state index in [0.717, 1.165) is 12.1 Å². The zero-order chi connectivity index (χ0) is 18.0. The Bertz CT molecular complexity index is 872. The van der Waals surface area contributed by atoms with Gasteiger partial charge in [-0.1, -0.05) is 11.6 Å². The highest BCUT2D eigenvalue weighted by molar-refractivity contribution is 6.30. The lowest BCUT2D eigenvalue weighted by atomic mass is 10.1. The molecule has 0 spiro atoms. The van der Waals surface area contributed by atoms with Gasteiger partial charge in [0, 0.05) is 5.02 Å². The van der Waals surface area contributed by atoms with E-state index in [1.807, 2.05) is 0 Å². The SMILES string of the molecule is CCn1c[n+](C[C@@H](O)COc2ccc(Cl)cc2)c2cc(C)c(C)cc21. The molecule has 0 unspecified atom stereocenters. The molecule has 5 heteroatoms. The highest BCUT2D eigenvalue weighted by atomic mass is 35.5. The van der Waals surface area contributed by atoms with Crippen molar-refractivity contribution in [1.82, 2.24) is 4.57 Å². The van der Waals surface area contributed by atoms with Gasteiger partial charge in [0.1, 0.15) is 25.0 Å². The van der Waals surface area contributed by atoms with Crippen molar-refractivity contribution in [1.29, 1.82) is 0 Å². The second-order valence-corrected chi connectivity index (χ2v) is 6.83. The first-order valence-electron chi connectivity index (χ1n) is 8.54. The molecule has 0 radical (unpaired) electrons. The van der Waals surface area contributed by atoms with Crippen molar-refractivity contribution in [2.75, 3.05) is 6.61 Å². The number of aromatic nitrogens is 2. The Morgan fingerprint density at radius 2 is 1.84 bits per heavy atom. The molecule has 0 bridgehead atoms. The monoisotopic (exact) mass is 359 g/mol. The van der Waals surface area contributed by atoms with Crippen LogP contribution in [0, 0.1) is 13.8 Å². The molecule has 0 aliphatic rings. The summed E-state index contributed by atoms with van der Waals surface area (Å²) >= 11 is 5.87. The van der Waals surface area contributed by atoms with Gasteiger partial charge in [-0.25, -0.2) is 9.13 Å². The van der Waals surface area contributed by atoms with E-state index in [4.69, 9.17) is 16.3 Å². The molecule has 0 saturated carbocycles. The molecule has 0 aliphatic carbocycles. The number of rotatable bonds is 6. The molecule has 1 aromatic heterocycles. The van der Waals surface area contributed by atoms with E-state index in [2.05, 4.69) is 48.4 Å². The molecule has 4 nitrogen and oxygen atoms in total. The topological polar surface area (TPSA) is 38.3 Å². The van der Waals surface area contributed by atoms with Gasteiger partial charge in [-0.3, -0.25) is 0 Å².